The van der Waals surface area contributed by atoms with Crippen molar-refractivity contribution in [3.05, 3.63) is 11.9 Å². The Hall–Kier alpha value is -1.19. The van der Waals surface area contributed by atoms with Gasteiger partial charge in [0.1, 0.15) is 0 Å². The number of alkyl halides is 3. The largest absolute Gasteiger partial charge is 0.401 e. The zero-order chi connectivity index (χ0) is 16.9. The number of nitrogens with zero attached hydrogens (tertiary/aromatic N) is 4. The van der Waals surface area contributed by atoms with Gasteiger partial charge >= 0.3 is 6.18 Å². The lowest BCUT2D eigenvalue weighted by atomic mass is 10.0. The lowest BCUT2D eigenvalue weighted by Gasteiger charge is -2.23. The molecule has 0 bridgehead atoms. The molecule has 0 aromatic carbocycles. The normalized spacial score (nSPS) is 23.0. The van der Waals surface area contributed by atoms with Gasteiger partial charge in [0.15, 0.2) is 0 Å². The maximum atomic E-state index is 12.4. The van der Waals surface area contributed by atoms with Gasteiger partial charge in [-0.15, -0.1) is 0 Å². The number of aromatic amines is 1. The summed E-state index contributed by atoms with van der Waals surface area (Å²) in [6.45, 7) is 4.06. The molecule has 23 heavy (non-hydrogen) atoms. The van der Waals surface area contributed by atoms with Crippen molar-refractivity contribution in [3.8, 4) is 0 Å². The molecular weight excluding hydrogens is 311 g/mol. The van der Waals surface area contributed by atoms with Gasteiger partial charge in [0.25, 0.3) is 0 Å². The summed E-state index contributed by atoms with van der Waals surface area (Å²) in [5.41, 5.74) is 0.867. The van der Waals surface area contributed by atoms with Crippen molar-refractivity contribution in [2.24, 2.45) is 0 Å². The van der Waals surface area contributed by atoms with E-state index in [1.165, 1.54) is 4.90 Å². The molecule has 1 aliphatic rings. The molecule has 1 aromatic heterocycles. The Morgan fingerprint density at radius 1 is 1.43 bits per heavy atom. The van der Waals surface area contributed by atoms with Crippen LogP contribution in [0.25, 0.3) is 0 Å². The smallest absolute Gasteiger partial charge is 0.379 e. The minimum Gasteiger partial charge on any atom is -0.379 e. The molecule has 1 aliphatic heterocycles. The molecule has 0 aliphatic carbocycles. The molecule has 0 amide bonds. The van der Waals surface area contributed by atoms with Crippen LogP contribution in [0.4, 0.5) is 13.2 Å². The van der Waals surface area contributed by atoms with Crippen LogP contribution >= 0.6 is 0 Å². The summed E-state index contributed by atoms with van der Waals surface area (Å²) in [5.74, 6) is 0.149. The Bertz CT molecular complexity index is 454. The number of likely N-dealkylation sites (tertiary alicyclic amines) is 1. The van der Waals surface area contributed by atoms with Gasteiger partial charge in [-0.05, 0) is 26.1 Å². The van der Waals surface area contributed by atoms with Gasteiger partial charge in [-0.25, -0.2) is 0 Å². The molecule has 0 saturated carbocycles. The molecule has 1 N–H and O–H groups in total. The van der Waals surface area contributed by atoms with Crippen molar-refractivity contribution in [2.75, 3.05) is 46.4 Å². The van der Waals surface area contributed by atoms with Crippen molar-refractivity contribution < 1.29 is 17.9 Å². The quantitative estimate of drug-likeness (QED) is 0.780. The lowest BCUT2D eigenvalue weighted by molar-refractivity contribution is -0.145. The Balaban J connectivity index is 1.78. The van der Waals surface area contributed by atoms with E-state index in [9.17, 15) is 13.2 Å². The van der Waals surface area contributed by atoms with Crippen LogP contribution in [0.1, 0.15) is 25.0 Å². The summed E-state index contributed by atoms with van der Waals surface area (Å²) in [6.07, 6.45) is -1.70. The minimum absolute atomic E-state index is 0.0394. The summed E-state index contributed by atoms with van der Waals surface area (Å²) in [5, 5.41) is 10.6. The Labute approximate surface area is 134 Å². The maximum absolute atomic E-state index is 12.4. The van der Waals surface area contributed by atoms with E-state index in [4.69, 9.17) is 4.74 Å². The van der Waals surface area contributed by atoms with Gasteiger partial charge in [0.2, 0.25) is 0 Å². The fraction of sp³-hybridized carbons (Fsp3) is 0.857. The number of hydrogen-bond donors (Lipinski definition) is 1. The fourth-order valence-electron chi connectivity index (χ4n) is 3.07. The maximum Gasteiger partial charge on any atom is 0.401 e. The SMILES string of the molecule is CCN(CCCN1C[C@@H](OC)[C@H](c2cn[nH]n2)C1)CC(F)(F)F. The van der Waals surface area contributed by atoms with Crippen molar-refractivity contribution in [2.45, 2.75) is 31.5 Å². The molecule has 1 fully saturated rings. The van der Waals surface area contributed by atoms with E-state index in [0.717, 1.165) is 25.3 Å². The molecule has 1 saturated heterocycles. The highest BCUT2D eigenvalue weighted by molar-refractivity contribution is 5.09. The van der Waals surface area contributed by atoms with Gasteiger partial charge in [-0.1, -0.05) is 6.92 Å². The molecule has 2 heterocycles. The number of aromatic nitrogens is 3. The van der Waals surface area contributed by atoms with E-state index < -0.39 is 12.7 Å². The van der Waals surface area contributed by atoms with Gasteiger partial charge < -0.3 is 4.74 Å². The number of hydrogen-bond acceptors (Lipinski definition) is 5. The first-order chi connectivity index (χ1) is 10.9. The number of nitrogens with one attached hydrogen (secondary N) is 1. The molecule has 132 valence electrons. The third-order valence-electron chi connectivity index (χ3n) is 4.26. The second kappa shape index (κ2) is 8.07. The van der Waals surface area contributed by atoms with Crippen LogP contribution in [0.2, 0.25) is 0 Å². The second-order valence-corrected chi connectivity index (χ2v) is 5.87. The summed E-state index contributed by atoms with van der Waals surface area (Å²) in [4.78, 5) is 3.65. The van der Waals surface area contributed by atoms with Crippen LogP contribution in [0.15, 0.2) is 6.20 Å². The monoisotopic (exact) mass is 335 g/mol. The average Bonchev–Trinajstić information content (AvgIpc) is 3.13. The fourth-order valence-corrected chi connectivity index (χ4v) is 3.07. The van der Waals surface area contributed by atoms with Gasteiger partial charge in [0.05, 0.1) is 24.5 Å². The highest BCUT2D eigenvalue weighted by Gasteiger charge is 2.35. The predicted octanol–water partition coefficient (Wildman–Crippen LogP) is 1.49. The van der Waals surface area contributed by atoms with Crippen LogP contribution in [0.5, 0.6) is 0 Å². The summed E-state index contributed by atoms with van der Waals surface area (Å²) < 4.78 is 42.8. The third-order valence-corrected chi connectivity index (χ3v) is 4.26. The number of H-pyrrole nitrogens is 1. The Kier molecular flexibility index (Phi) is 6.37. The minimum atomic E-state index is -4.14. The molecule has 1 aromatic rings. The van der Waals surface area contributed by atoms with E-state index >= 15 is 0 Å². The predicted molar refractivity (Wildman–Crippen MR) is 79.1 cm³/mol. The first kappa shape index (κ1) is 18.2. The van der Waals surface area contributed by atoms with E-state index in [1.54, 1.807) is 20.2 Å². The number of halogens is 3. The topological polar surface area (TPSA) is 57.3 Å². The lowest BCUT2D eigenvalue weighted by Crippen LogP contribution is -2.36. The summed E-state index contributed by atoms with van der Waals surface area (Å²) in [6, 6.07) is 0. The Morgan fingerprint density at radius 3 is 2.78 bits per heavy atom. The third kappa shape index (κ3) is 5.43. The van der Waals surface area contributed by atoms with E-state index in [0.29, 0.717) is 19.5 Å². The number of rotatable bonds is 8. The van der Waals surface area contributed by atoms with E-state index in [-0.39, 0.29) is 12.0 Å². The molecule has 2 atom stereocenters. The van der Waals surface area contributed by atoms with Crippen LogP contribution in [0.3, 0.4) is 0 Å². The highest BCUT2D eigenvalue weighted by Crippen LogP contribution is 2.27. The van der Waals surface area contributed by atoms with Gasteiger partial charge in [-0.2, -0.15) is 28.6 Å². The molecule has 2 rings (SSSR count). The molecule has 0 unspecified atom stereocenters. The second-order valence-electron chi connectivity index (χ2n) is 5.87. The van der Waals surface area contributed by atoms with Crippen LogP contribution in [-0.2, 0) is 4.74 Å². The molecule has 0 spiro atoms. The zero-order valence-corrected chi connectivity index (χ0v) is 13.5. The van der Waals surface area contributed by atoms with Crippen molar-refractivity contribution >= 4 is 0 Å². The van der Waals surface area contributed by atoms with Crippen molar-refractivity contribution in [3.63, 3.8) is 0 Å². The molecular formula is C14H24F3N5O. The molecule has 9 heteroatoms. The van der Waals surface area contributed by atoms with Crippen LogP contribution in [-0.4, -0.2) is 83.9 Å². The Morgan fingerprint density at radius 2 is 2.22 bits per heavy atom. The van der Waals surface area contributed by atoms with Crippen molar-refractivity contribution in [1.82, 2.24) is 25.2 Å². The van der Waals surface area contributed by atoms with Gasteiger partial charge in [-0.3, -0.25) is 9.80 Å². The first-order valence-electron chi connectivity index (χ1n) is 7.83. The van der Waals surface area contributed by atoms with E-state index in [1.807, 2.05) is 0 Å². The number of ether oxygens (including phenoxy) is 1. The van der Waals surface area contributed by atoms with Crippen molar-refractivity contribution in [1.29, 1.82) is 0 Å². The van der Waals surface area contributed by atoms with Gasteiger partial charge in [0, 0.05) is 26.1 Å². The summed E-state index contributed by atoms with van der Waals surface area (Å²) >= 11 is 0. The number of methoxy groups -OCH3 is 1. The zero-order valence-electron chi connectivity index (χ0n) is 13.5. The highest BCUT2D eigenvalue weighted by atomic mass is 19.4. The van der Waals surface area contributed by atoms with E-state index in [2.05, 4.69) is 20.3 Å². The first-order valence-corrected chi connectivity index (χ1v) is 7.83. The van der Waals surface area contributed by atoms with Crippen LogP contribution in [0, 0.1) is 0 Å². The summed E-state index contributed by atoms with van der Waals surface area (Å²) in [7, 11) is 1.67. The standard InChI is InChI=1S/C14H24F3N5O/c1-3-21(10-14(15,16)17)5-4-6-22-8-11(13(9-22)23-2)12-7-18-20-19-12/h7,11,13H,3-6,8-10H2,1-2H3,(H,18,19,20)/t11-,13+/m0/s1. The average molecular weight is 335 g/mol. The molecule has 0 radical (unpaired) electrons. The molecule has 6 nitrogen and oxygen atoms in total. The van der Waals surface area contributed by atoms with Crippen LogP contribution < -0.4 is 0 Å².